The SMILES string of the molecule is COc1ccc(CCNCc2ccccc2)c(C)c1. The molecule has 19 heavy (non-hydrogen) atoms. The second-order valence-electron chi connectivity index (χ2n) is 4.70. The van der Waals surface area contributed by atoms with Gasteiger partial charge in [-0.25, -0.2) is 0 Å². The topological polar surface area (TPSA) is 21.3 Å². The molecule has 2 heteroatoms. The number of nitrogens with one attached hydrogen (secondary N) is 1. The van der Waals surface area contributed by atoms with E-state index in [-0.39, 0.29) is 0 Å². The van der Waals surface area contributed by atoms with E-state index in [9.17, 15) is 0 Å². The summed E-state index contributed by atoms with van der Waals surface area (Å²) in [5.74, 6) is 0.929. The minimum absolute atomic E-state index is 0.927. The highest BCUT2D eigenvalue weighted by Crippen LogP contribution is 2.16. The molecule has 0 aliphatic carbocycles. The highest BCUT2D eigenvalue weighted by molar-refractivity contribution is 5.34. The molecule has 0 aliphatic heterocycles. The lowest BCUT2D eigenvalue weighted by molar-refractivity contribution is 0.414. The average Bonchev–Trinajstić information content (AvgIpc) is 2.46. The zero-order valence-corrected chi connectivity index (χ0v) is 11.6. The number of aryl methyl sites for hydroxylation is 1. The van der Waals surface area contributed by atoms with Crippen LogP contribution in [0.5, 0.6) is 5.75 Å². The Kier molecular flexibility index (Phi) is 4.99. The van der Waals surface area contributed by atoms with Crippen LogP contribution in [0.4, 0.5) is 0 Å². The van der Waals surface area contributed by atoms with E-state index in [2.05, 4.69) is 48.6 Å². The lowest BCUT2D eigenvalue weighted by Crippen LogP contribution is -2.16. The van der Waals surface area contributed by atoms with E-state index in [0.717, 1.165) is 25.3 Å². The average molecular weight is 255 g/mol. The van der Waals surface area contributed by atoms with Crippen LogP contribution in [0.1, 0.15) is 16.7 Å². The van der Waals surface area contributed by atoms with Gasteiger partial charge >= 0.3 is 0 Å². The highest BCUT2D eigenvalue weighted by Gasteiger charge is 2.00. The summed E-state index contributed by atoms with van der Waals surface area (Å²) in [6.07, 6.45) is 1.04. The van der Waals surface area contributed by atoms with Crippen LogP contribution in [0.2, 0.25) is 0 Å². The summed E-state index contributed by atoms with van der Waals surface area (Å²) in [4.78, 5) is 0. The van der Waals surface area contributed by atoms with E-state index in [1.54, 1.807) is 7.11 Å². The van der Waals surface area contributed by atoms with Gasteiger partial charge in [0.15, 0.2) is 0 Å². The maximum Gasteiger partial charge on any atom is 0.119 e. The fourth-order valence-electron chi connectivity index (χ4n) is 2.13. The van der Waals surface area contributed by atoms with Crippen LogP contribution in [-0.2, 0) is 13.0 Å². The van der Waals surface area contributed by atoms with Gasteiger partial charge in [-0.15, -0.1) is 0 Å². The Morgan fingerprint density at radius 1 is 1.05 bits per heavy atom. The molecule has 2 rings (SSSR count). The molecule has 0 spiro atoms. The van der Waals surface area contributed by atoms with E-state index < -0.39 is 0 Å². The Morgan fingerprint density at radius 3 is 2.53 bits per heavy atom. The van der Waals surface area contributed by atoms with Crippen LogP contribution in [0.15, 0.2) is 48.5 Å². The van der Waals surface area contributed by atoms with Crippen molar-refractivity contribution in [2.24, 2.45) is 0 Å². The van der Waals surface area contributed by atoms with Crippen molar-refractivity contribution >= 4 is 0 Å². The maximum absolute atomic E-state index is 5.22. The molecule has 0 aromatic heterocycles. The molecule has 0 aliphatic rings. The molecule has 0 atom stereocenters. The maximum atomic E-state index is 5.22. The van der Waals surface area contributed by atoms with Gasteiger partial charge in [0.2, 0.25) is 0 Å². The van der Waals surface area contributed by atoms with Crippen LogP contribution < -0.4 is 10.1 Å². The third kappa shape index (κ3) is 4.11. The first-order valence-electron chi connectivity index (χ1n) is 6.68. The van der Waals surface area contributed by atoms with Crippen LogP contribution in [-0.4, -0.2) is 13.7 Å². The minimum Gasteiger partial charge on any atom is -0.497 e. The van der Waals surface area contributed by atoms with Gasteiger partial charge in [0.05, 0.1) is 7.11 Å². The van der Waals surface area contributed by atoms with E-state index in [1.165, 1.54) is 16.7 Å². The molecular weight excluding hydrogens is 234 g/mol. The molecule has 0 heterocycles. The summed E-state index contributed by atoms with van der Waals surface area (Å²) in [5.41, 5.74) is 4.00. The third-order valence-electron chi connectivity index (χ3n) is 3.29. The van der Waals surface area contributed by atoms with Crippen molar-refractivity contribution in [3.63, 3.8) is 0 Å². The van der Waals surface area contributed by atoms with Gasteiger partial charge in [-0.2, -0.15) is 0 Å². The number of ether oxygens (including phenoxy) is 1. The van der Waals surface area contributed by atoms with Crippen molar-refractivity contribution in [1.82, 2.24) is 5.32 Å². The molecule has 0 fully saturated rings. The molecular formula is C17H21NO. The zero-order chi connectivity index (χ0) is 13.5. The summed E-state index contributed by atoms with van der Waals surface area (Å²) in [7, 11) is 1.70. The Labute approximate surface area is 115 Å². The predicted octanol–water partition coefficient (Wildman–Crippen LogP) is 3.34. The Balaban J connectivity index is 1.80. The number of hydrogen-bond acceptors (Lipinski definition) is 2. The number of rotatable bonds is 6. The number of hydrogen-bond donors (Lipinski definition) is 1. The summed E-state index contributed by atoms with van der Waals surface area (Å²) in [6.45, 7) is 4.05. The Hall–Kier alpha value is -1.80. The molecule has 2 nitrogen and oxygen atoms in total. The second kappa shape index (κ2) is 6.95. The largest absolute Gasteiger partial charge is 0.497 e. The molecule has 0 saturated heterocycles. The van der Waals surface area contributed by atoms with Gasteiger partial charge in [0.1, 0.15) is 5.75 Å². The first-order chi connectivity index (χ1) is 9.29. The molecule has 0 bridgehead atoms. The van der Waals surface area contributed by atoms with Crippen molar-refractivity contribution < 1.29 is 4.74 Å². The van der Waals surface area contributed by atoms with Gasteiger partial charge in [-0.05, 0) is 48.7 Å². The van der Waals surface area contributed by atoms with Crippen LogP contribution >= 0.6 is 0 Å². The van der Waals surface area contributed by atoms with Crippen molar-refractivity contribution in [1.29, 1.82) is 0 Å². The molecule has 0 radical (unpaired) electrons. The van der Waals surface area contributed by atoms with Crippen molar-refractivity contribution in [2.75, 3.05) is 13.7 Å². The van der Waals surface area contributed by atoms with Crippen molar-refractivity contribution in [3.05, 3.63) is 65.2 Å². The summed E-state index contributed by atoms with van der Waals surface area (Å²) >= 11 is 0. The Bertz CT molecular complexity index is 508. The molecule has 2 aromatic carbocycles. The Morgan fingerprint density at radius 2 is 1.84 bits per heavy atom. The van der Waals surface area contributed by atoms with Gasteiger partial charge in [-0.1, -0.05) is 36.4 Å². The second-order valence-corrected chi connectivity index (χ2v) is 4.70. The summed E-state index contributed by atoms with van der Waals surface area (Å²) < 4.78 is 5.22. The number of benzene rings is 2. The van der Waals surface area contributed by atoms with E-state index in [4.69, 9.17) is 4.74 Å². The van der Waals surface area contributed by atoms with Gasteiger partial charge in [0.25, 0.3) is 0 Å². The molecule has 0 amide bonds. The number of methoxy groups -OCH3 is 1. The molecule has 2 aromatic rings. The zero-order valence-electron chi connectivity index (χ0n) is 11.6. The fourth-order valence-corrected chi connectivity index (χ4v) is 2.13. The molecule has 0 saturated carbocycles. The van der Waals surface area contributed by atoms with Crippen LogP contribution in [0.3, 0.4) is 0 Å². The summed E-state index contributed by atoms with van der Waals surface area (Å²) in [5, 5.41) is 3.47. The van der Waals surface area contributed by atoms with Crippen LogP contribution in [0, 0.1) is 6.92 Å². The molecule has 1 N–H and O–H groups in total. The monoisotopic (exact) mass is 255 g/mol. The van der Waals surface area contributed by atoms with E-state index in [1.807, 2.05) is 12.1 Å². The van der Waals surface area contributed by atoms with Gasteiger partial charge < -0.3 is 10.1 Å². The predicted molar refractivity (Wildman–Crippen MR) is 79.6 cm³/mol. The molecule has 100 valence electrons. The molecule has 0 unspecified atom stereocenters. The summed E-state index contributed by atoms with van der Waals surface area (Å²) in [6, 6.07) is 16.8. The van der Waals surface area contributed by atoms with Crippen LogP contribution in [0.25, 0.3) is 0 Å². The highest BCUT2D eigenvalue weighted by atomic mass is 16.5. The normalized spacial score (nSPS) is 10.4. The quantitative estimate of drug-likeness (QED) is 0.799. The third-order valence-corrected chi connectivity index (χ3v) is 3.29. The van der Waals surface area contributed by atoms with E-state index in [0.29, 0.717) is 0 Å². The van der Waals surface area contributed by atoms with E-state index >= 15 is 0 Å². The minimum atomic E-state index is 0.927. The van der Waals surface area contributed by atoms with Gasteiger partial charge in [-0.3, -0.25) is 0 Å². The lowest BCUT2D eigenvalue weighted by atomic mass is 10.1. The first-order valence-corrected chi connectivity index (χ1v) is 6.68. The van der Waals surface area contributed by atoms with Gasteiger partial charge in [0, 0.05) is 6.54 Å². The lowest BCUT2D eigenvalue weighted by Gasteiger charge is -2.09. The van der Waals surface area contributed by atoms with Crippen molar-refractivity contribution in [3.8, 4) is 5.75 Å². The standard InChI is InChI=1S/C17H21NO/c1-14-12-17(19-2)9-8-16(14)10-11-18-13-15-6-4-3-5-7-15/h3-9,12,18H,10-11,13H2,1-2H3. The van der Waals surface area contributed by atoms with Crippen molar-refractivity contribution in [2.45, 2.75) is 19.9 Å². The fraction of sp³-hybridized carbons (Fsp3) is 0.294. The smallest absolute Gasteiger partial charge is 0.119 e. The first kappa shape index (κ1) is 13.6.